The van der Waals surface area contributed by atoms with Crippen molar-refractivity contribution < 1.29 is 27.4 Å². The number of ketones is 1. The molecule has 0 saturated carbocycles. The molecule has 0 aliphatic heterocycles. The zero-order chi connectivity index (χ0) is 26.6. The molecule has 7 heteroatoms. The van der Waals surface area contributed by atoms with Crippen molar-refractivity contribution in [3.63, 3.8) is 0 Å². The molecule has 0 heterocycles. The maximum absolute atomic E-state index is 12.6. The summed E-state index contributed by atoms with van der Waals surface area (Å²) in [4.78, 5) is 10.3. The lowest BCUT2D eigenvalue weighted by Gasteiger charge is -2.01. The molecule has 0 radical (unpaired) electrons. The number of carbonyl (C=O) groups is 1. The van der Waals surface area contributed by atoms with Gasteiger partial charge in [-0.15, -0.1) is 0 Å². The van der Waals surface area contributed by atoms with E-state index in [4.69, 9.17) is 9.47 Å². The predicted octanol–water partition coefficient (Wildman–Crippen LogP) is 9.02. The van der Waals surface area contributed by atoms with E-state index in [0.717, 1.165) is 26.2 Å². The quantitative estimate of drug-likeness (QED) is 0.254. The average Bonchev–Trinajstić information content (AvgIpc) is 2.77. The number of unbranched alkanes of at least 4 members (excludes halogenated alkanes) is 4. The van der Waals surface area contributed by atoms with Crippen LogP contribution in [0.4, 0.5) is 13.2 Å². The molecule has 0 spiro atoms. The minimum absolute atomic E-state index is 0. The van der Waals surface area contributed by atoms with Gasteiger partial charge in [0.1, 0.15) is 23.2 Å². The largest absolute Gasteiger partial charge is 0.381 e. The standard InChI is InChI=1S/C10H22O.C8H7F3.C7H14O2.C3H8.H3N/c1-3-5-7-8-10-11-9-6-4-2;1-2-6-7(10)3-5(9)4-8(6)11;1-3-5-9-6-4-7(2)8;1-3-2;/h3-10H2,1-2H3;3-4H,2H2,1H3;3-6H2,1-2H3;3H2,1-2H3;1H3. The van der Waals surface area contributed by atoms with E-state index in [1.807, 2.05) is 6.92 Å². The van der Waals surface area contributed by atoms with E-state index in [0.29, 0.717) is 25.2 Å². The number of rotatable bonds is 14. The van der Waals surface area contributed by atoms with Crippen molar-refractivity contribution >= 4 is 5.78 Å². The van der Waals surface area contributed by atoms with Gasteiger partial charge in [-0.3, -0.25) is 4.79 Å². The van der Waals surface area contributed by atoms with E-state index >= 15 is 0 Å². The van der Waals surface area contributed by atoms with Gasteiger partial charge in [-0.25, -0.2) is 13.2 Å². The van der Waals surface area contributed by atoms with Crippen LogP contribution in [0.2, 0.25) is 0 Å². The first kappa shape index (κ1) is 40.7. The highest BCUT2D eigenvalue weighted by atomic mass is 19.1. The van der Waals surface area contributed by atoms with E-state index in [9.17, 15) is 18.0 Å². The minimum atomic E-state index is -0.878. The topological polar surface area (TPSA) is 70.5 Å². The molecule has 1 rings (SSSR count). The molecule has 1 aromatic rings. The Bertz CT molecular complexity index is 541. The molecular weight excluding hydrogens is 455 g/mol. The predicted molar refractivity (Wildman–Crippen MR) is 143 cm³/mol. The first-order chi connectivity index (χ1) is 16.2. The fourth-order valence-electron chi connectivity index (χ4n) is 2.35. The highest BCUT2D eigenvalue weighted by Gasteiger charge is 2.08. The van der Waals surface area contributed by atoms with Crippen LogP contribution >= 0.6 is 0 Å². The zero-order valence-electron chi connectivity index (χ0n) is 23.6. The van der Waals surface area contributed by atoms with Crippen LogP contribution in [0.25, 0.3) is 0 Å². The molecule has 0 aliphatic carbocycles. The number of halogens is 3. The second-order valence-electron chi connectivity index (χ2n) is 8.00. The second-order valence-corrected chi connectivity index (χ2v) is 8.00. The maximum atomic E-state index is 12.6. The average molecular weight is 510 g/mol. The first-order valence-corrected chi connectivity index (χ1v) is 13.0. The van der Waals surface area contributed by atoms with Crippen molar-refractivity contribution in [1.29, 1.82) is 0 Å². The number of carbonyl (C=O) groups excluding carboxylic acids is 1. The van der Waals surface area contributed by atoms with Crippen LogP contribution < -0.4 is 6.15 Å². The summed E-state index contributed by atoms with van der Waals surface area (Å²) in [5, 5.41) is 0. The molecular formula is C28H54F3NO3. The molecule has 3 N–H and O–H groups in total. The molecule has 0 amide bonds. The summed E-state index contributed by atoms with van der Waals surface area (Å²) in [7, 11) is 0. The molecule has 4 nitrogen and oxygen atoms in total. The monoisotopic (exact) mass is 509 g/mol. The van der Waals surface area contributed by atoms with Crippen molar-refractivity contribution in [2.24, 2.45) is 0 Å². The van der Waals surface area contributed by atoms with Gasteiger partial charge in [0.25, 0.3) is 0 Å². The van der Waals surface area contributed by atoms with E-state index in [-0.39, 0.29) is 23.9 Å². The Balaban J connectivity index is -0.000000193. The molecule has 0 fully saturated rings. The van der Waals surface area contributed by atoms with Gasteiger partial charge in [-0.2, -0.15) is 0 Å². The third-order valence-electron chi connectivity index (χ3n) is 4.19. The lowest BCUT2D eigenvalue weighted by molar-refractivity contribution is -0.118. The van der Waals surface area contributed by atoms with Crippen LogP contribution in [-0.4, -0.2) is 32.2 Å². The maximum Gasteiger partial charge on any atom is 0.132 e. The summed E-state index contributed by atoms with van der Waals surface area (Å²) in [6.07, 6.45) is 10.8. The Hall–Kier alpha value is -1.44. The Morgan fingerprint density at radius 3 is 1.63 bits per heavy atom. The first-order valence-electron chi connectivity index (χ1n) is 13.0. The van der Waals surface area contributed by atoms with Crippen LogP contribution in [0.1, 0.15) is 112 Å². The summed E-state index contributed by atoms with van der Waals surface area (Å²) in [6, 6.07) is 1.36. The minimum Gasteiger partial charge on any atom is -0.381 e. The van der Waals surface area contributed by atoms with Gasteiger partial charge < -0.3 is 15.6 Å². The fourth-order valence-corrected chi connectivity index (χ4v) is 2.35. The second kappa shape index (κ2) is 32.6. The van der Waals surface area contributed by atoms with Crippen LogP contribution in [0.5, 0.6) is 0 Å². The summed E-state index contributed by atoms with van der Waals surface area (Å²) in [5.74, 6) is -2.31. The van der Waals surface area contributed by atoms with Crippen LogP contribution in [0.3, 0.4) is 0 Å². The molecule has 0 unspecified atom stereocenters. The van der Waals surface area contributed by atoms with Gasteiger partial charge in [0.05, 0.1) is 6.61 Å². The summed E-state index contributed by atoms with van der Waals surface area (Å²) in [6.45, 7) is 17.2. The van der Waals surface area contributed by atoms with Crippen LogP contribution in [-0.2, 0) is 20.7 Å². The molecule has 0 aliphatic rings. The number of hydrogen-bond acceptors (Lipinski definition) is 4. The fraction of sp³-hybridized carbons (Fsp3) is 0.750. The van der Waals surface area contributed by atoms with Crippen molar-refractivity contribution in [1.82, 2.24) is 6.15 Å². The number of benzene rings is 1. The Kier molecular flexibility index (Phi) is 37.9. The molecule has 210 valence electrons. The van der Waals surface area contributed by atoms with E-state index in [2.05, 4.69) is 27.7 Å². The van der Waals surface area contributed by atoms with Gasteiger partial charge >= 0.3 is 0 Å². The number of ether oxygens (including phenoxy) is 2. The highest BCUT2D eigenvalue weighted by Crippen LogP contribution is 2.14. The van der Waals surface area contributed by atoms with Crippen molar-refractivity contribution in [2.75, 3.05) is 26.4 Å². The third kappa shape index (κ3) is 32.6. The van der Waals surface area contributed by atoms with Gasteiger partial charge in [0.15, 0.2) is 0 Å². The van der Waals surface area contributed by atoms with Gasteiger partial charge in [0.2, 0.25) is 0 Å². The molecule has 0 saturated heterocycles. The van der Waals surface area contributed by atoms with Gasteiger partial charge in [-0.05, 0) is 32.6 Å². The zero-order valence-corrected chi connectivity index (χ0v) is 23.6. The van der Waals surface area contributed by atoms with E-state index < -0.39 is 17.5 Å². The summed E-state index contributed by atoms with van der Waals surface area (Å²) in [5.41, 5.74) is -0.0635. The van der Waals surface area contributed by atoms with Crippen molar-refractivity contribution in [3.8, 4) is 0 Å². The van der Waals surface area contributed by atoms with E-state index in [1.165, 1.54) is 44.9 Å². The van der Waals surface area contributed by atoms with Gasteiger partial charge in [0, 0.05) is 43.9 Å². The molecule has 35 heavy (non-hydrogen) atoms. The Morgan fingerprint density at radius 2 is 1.20 bits per heavy atom. The lowest BCUT2D eigenvalue weighted by atomic mass is 10.1. The lowest BCUT2D eigenvalue weighted by Crippen LogP contribution is -2.00. The summed E-state index contributed by atoms with van der Waals surface area (Å²) < 4.78 is 48.0. The molecule has 0 aromatic heterocycles. The number of hydrogen-bond donors (Lipinski definition) is 1. The van der Waals surface area contributed by atoms with Crippen LogP contribution in [0, 0.1) is 17.5 Å². The third-order valence-corrected chi connectivity index (χ3v) is 4.19. The van der Waals surface area contributed by atoms with Crippen molar-refractivity contribution in [2.45, 2.75) is 113 Å². The molecule has 0 atom stereocenters. The normalized spacial score (nSPS) is 9.43. The smallest absolute Gasteiger partial charge is 0.132 e. The van der Waals surface area contributed by atoms with E-state index in [1.54, 1.807) is 13.8 Å². The van der Waals surface area contributed by atoms with Crippen LogP contribution in [0.15, 0.2) is 12.1 Å². The Labute approximate surface area is 213 Å². The number of Topliss-reactive ketones (excluding diaryl/α,β-unsaturated/α-hetero) is 1. The SMILES string of the molecule is CCC.CCCCCCOCCCC.CCCOCCC(C)=O.CCc1c(F)cc(F)cc1F.N. The molecule has 0 bridgehead atoms. The Morgan fingerprint density at radius 1 is 0.714 bits per heavy atom. The summed E-state index contributed by atoms with van der Waals surface area (Å²) >= 11 is 0. The highest BCUT2D eigenvalue weighted by molar-refractivity contribution is 5.75. The van der Waals surface area contributed by atoms with Gasteiger partial charge in [-0.1, -0.05) is 73.6 Å². The molecule has 1 aromatic carbocycles. The van der Waals surface area contributed by atoms with Crippen molar-refractivity contribution in [3.05, 3.63) is 35.1 Å².